The van der Waals surface area contributed by atoms with E-state index in [2.05, 4.69) is 42.5 Å². The van der Waals surface area contributed by atoms with Gasteiger partial charge in [0.05, 0.1) is 4.47 Å². The molecule has 120 valence electrons. The maximum Gasteiger partial charge on any atom is 0.262 e. The summed E-state index contributed by atoms with van der Waals surface area (Å²) in [5.41, 5.74) is 1.30. The van der Waals surface area contributed by atoms with Crippen molar-refractivity contribution in [1.82, 2.24) is 0 Å². The van der Waals surface area contributed by atoms with Gasteiger partial charge in [-0.2, -0.15) is 0 Å². The quantitative estimate of drug-likeness (QED) is 0.730. The number of hydrogen-bond donors (Lipinski definition) is 2. The molecule has 0 unspecified atom stereocenters. The van der Waals surface area contributed by atoms with Crippen molar-refractivity contribution in [1.29, 1.82) is 0 Å². The van der Waals surface area contributed by atoms with E-state index in [-0.39, 0.29) is 18.4 Å². The zero-order valence-corrected chi connectivity index (χ0v) is 15.4. The lowest BCUT2D eigenvalue weighted by Gasteiger charge is -2.10. The Labute approximate surface area is 150 Å². The van der Waals surface area contributed by atoms with E-state index in [4.69, 9.17) is 4.74 Å². The van der Waals surface area contributed by atoms with E-state index in [1.165, 1.54) is 6.92 Å². The predicted octanol–water partition coefficient (Wildman–Crippen LogP) is 4.19. The third-order valence-corrected chi connectivity index (χ3v) is 3.85. The molecule has 2 N–H and O–H groups in total. The number of benzene rings is 2. The first-order valence-electron chi connectivity index (χ1n) is 6.69. The molecule has 0 atom stereocenters. The van der Waals surface area contributed by atoms with E-state index < -0.39 is 0 Å². The Morgan fingerprint density at radius 2 is 1.61 bits per heavy atom. The van der Waals surface area contributed by atoms with Crippen molar-refractivity contribution in [3.05, 3.63) is 51.4 Å². The van der Waals surface area contributed by atoms with Crippen molar-refractivity contribution in [3.8, 4) is 5.75 Å². The predicted molar refractivity (Wildman–Crippen MR) is 96.7 cm³/mol. The van der Waals surface area contributed by atoms with Gasteiger partial charge in [-0.3, -0.25) is 9.59 Å². The number of carbonyl (C=O) groups is 2. The minimum atomic E-state index is -0.271. The average molecular weight is 442 g/mol. The molecule has 2 aromatic carbocycles. The number of carbonyl (C=O) groups excluding carboxylic acids is 2. The Balaban J connectivity index is 1.88. The fourth-order valence-corrected chi connectivity index (χ4v) is 2.93. The summed E-state index contributed by atoms with van der Waals surface area (Å²) in [6, 6.07) is 12.3. The monoisotopic (exact) mass is 440 g/mol. The minimum Gasteiger partial charge on any atom is -0.483 e. The van der Waals surface area contributed by atoms with Gasteiger partial charge in [0.15, 0.2) is 6.61 Å². The summed E-state index contributed by atoms with van der Waals surface area (Å²) in [4.78, 5) is 22.8. The van der Waals surface area contributed by atoms with Crippen LogP contribution in [-0.2, 0) is 9.59 Å². The second kappa shape index (κ2) is 8.12. The van der Waals surface area contributed by atoms with E-state index in [9.17, 15) is 9.59 Å². The van der Waals surface area contributed by atoms with Crippen LogP contribution in [0.25, 0.3) is 0 Å². The highest BCUT2D eigenvalue weighted by atomic mass is 79.9. The average Bonchev–Trinajstić information content (AvgIpc) is 2.48. The van der Waals surface area contributed by atoms with Crippen molar-refractivity contribution >= 4 is 55.0 Å². The molecular formula is C16H14Br2N2O3. The Bertz CT molecular complexity index is 718. The number of halogens is 2. The van der Waals surface area contributed by atoms with Crippen molar-refractivity contribution < 1.29 is 14.3 Å². The molecule has 0 fully saturated rings. The zero-order valence-electron chi connectivity index (χ0n) is 12.2. The van der Waals surface area contributed by atoms with Gasteiger partial charge in [0.1, 0.15) is 5.75 Å². The molecule has 0 aliphatic heterocycles. The summed E-state index contributed by atoms with van der Waals surface area (Å²) in [6.07, 6.45) is 0. The molecule has 23 heavy (non-hydrogen) atoms. The van der Waals surface area contributed by atoms with E-state index in [1.54, 1.807) is 30.3 Å². The van der Waals surface area contributed by atoms with Gasteiger partial charge in [-0.25, -0.2) is 0 Å². The van der Waals surface area contributed by atoms with Gasteiger partial charge in [-0.15, -0.1) is 0 Å². The summed E-state index contributed by atoms with van der Waals surface area (Å²) in [5.74, 6) is 0.173. The van der Waals surface area contributed by atoms with Crippen molar-refractivity contribution in [3.63, 3.8) is 0 Å². The van der Waals surface area contributed by atoms with Crippen LogP contribution in [0.4, 0.5) is 11.4 Å². The molecule has 0 spiro atoms. The van der Waals surface area contributed by atoms with Crippen LogP contribution in [0.5, 0.6) is 5.75 Å². The molecule has 0 aliphatic rings. The van der Waals surface area contributed by atoms with E-state index in [0.29, 0.717) is 17.1 Å². The van der Waals surface area contributed by atoms with Gasteiger partial charge in [0.2, 0.25) is 5.91 Å². The number of amides is 2. The summed E-state index contributed by atoms with van der Waals surface area (Å²) in [7, 11) is 0. The number of nitrogens with one attached hydrogen (secondary N) is 2. The molecule has 0 saturated carbocycles. The smallest absolute Gasteiger partial charge is 0.262 e. The molecule has 5 nitrogen and oxygen atoms in total. The molecule has 0 radical (unpaired) electrons. The van der Waals surface area contributed by atoms with Gasteiger partial charge in [0, 0.05) is 22.8 Å². The van der Waals surface area contributed by atoms with Crippen LogP contribution >= 0.6 is 31.9 Å². The normalized spacial score (nSPS) is 10.0. The maximum atomic E-state index is 11.9. The van der Waals surface area contributed by atoms with Crippen molar-refractivity contribution in [2.24, 2.45) is 0 Å². The number of hydrogen-bond acceptors (Lipinski definition) is 3. The first kappa shape index (κ1) is 17.5. The fraction of sp³-hybridized carbons (Fsp3) is 0.125. The van der Waals surface area contributed by atoms with Crippen molar-refractivity contribution in [2.75, 3.05) is 17.2 Å². The largest absolute Gasteiger partial charge is 0.483 e. The highest BCUT2D eigenvalue weighted by Gasteiger charge is 2.07. The van der Waals surface area contributed by atoms with Crippen LogP contribution in [0.3, 0.4) is 0 Å². The molecule has 2 aromatic rings. The topological polar surface area (TPSA) is 67.4 Å². The number of anilines is 2. The lowest BCUT2D eigenvalue weighted by Crippen LogP contribution is -2.20. The lowest BCUT2D eigenvalue weighted by atomic mass is 10.2. The van der Waals surface area contributed by atoms with Crippen molar-refractivity contribution in [2.45, 2.75) is 6.92 Å². The molecule has 0 heterocycles. The first-order valence-corrected chi connectivity index (χ1v) is 8.28. The molecule has 0 bridgehead atoms. The Morgan fingerprint density at radius 3 is 2.17 bits per heavy atom. The molecule has 0 saturated heterocycles. The van der Waals surface area contributed by atoms with Gasteiger partial charge < -0.3 is 15.4 Å². The van der Waals surface area contributed by atoms with E-state index in [1.807, 2.05) is 12.1 Å². The third-order valence-electron chi connectivity index (χ3n) is 2.74. The van der Waals surface area contributed by atoms with Gasteiger partial charge in [-0.1, -0.05) is 15.9 Å². The SMILES string of the molecule is CC(=O)Nc1ccc(NC(=O)COc2ccc(Br)cc2Br)cc1. The summed E-state index contributed by atoms with van der Waals surface area (Å²) in [5, 5.41) is 5.38. The Hall–Kier alpha value is -1.86. The standard InChI is InChI=1S/C16H14Br2N2O3/c1-10(21)19-12-3-5-13(6-4-12)20-16(22)9-23-15-7-2-11(17)8-14(15)18/h2-8H,9H2,1H3,(H,19,21)(H,20,22). The molecule has 0 aromatic heterocycles. The Morgan fingerprint density at radius 1 is 1.00 bits per heavy atom. The molecule has 0 aliphatic carbocycles. The van der Waals surface area contributed by atoms with Gasteiger partial charge in [-0.05, 0) is 58.4 Å². The van der Waals surface area contributed by atoms with Crippen LogP contribution in [0.1, 0.15) is 6.92 Å². The van der Waals surface area contributed by atoms with Crippen LogP contribution in [0.15, 0.2) is 51.4 Å². The van der Waals surface area contributed by atoms with Crippen LogP contribution < -0.4 is 15.4 Å². The summed E-state index contributed by atoms with van der Waals surface area (Å²) < 4.78 is 7.15. The van der Waals surface area contributed by atoms with Crippen LogP contribution in [-0.4, -0.2) is 18.4 Å². The molecule has 2 amide bonds. The number of ether oxygens (including phenoxy) is 1. The van der Waals surface area contributed by atoms with Gasteiger partial charge in [0.25, 0.3) is 5.91 Å². The molecular weight excluding hydrogens is 428 g/mol. The van der Waals surface area contributed by atoms with E-state index >= 15 is 0 Å². The number of rotatable bonds is 5. The summed E-state index contributed by atoms with van der Waals surface area (Å²) >= 11 is 6.72. The highest BCUT2D eigenvalue weighted by Crippen LogP contribution is 2.28. The molecule has 7 heteroatoms. The fourth-order valence-electron chi connectivity index (χ4n) is 1.77. The lowest BCUT2D eigenvalue weighted by molar-refractivity contribution is -0.118. The second-order valence-corrected chi connectivity index (χ2v) is 6.44. The molecule has 2 rings (SSSR count). The summed E-state index contributed by atoms with van der Waals surface area (Å²) in [6.45, 7) is 1.33. The second-order valence-electron chi connectivity index (χ2n) is 4.67. The zero-order chi connectivity index (χ0) is 16.8. The first-order chi connectivity index (χ1) is 10.9. The van der Waals surface area contributed by atoms with E-state index in [0.717, 1.165) is 8.95 Å². The highest BCUT2D eigenvalue weighted by molar-refractivity contribution is 9.11. The van der Waals surface area contributed by atoms with Gasteiger partial charge >= 0.3 is 0 Å². The van der Waals surface area contributed by atoms with Crippen LogP contribution in [0, 0.1) is 0 Å². The third kappa shape index (κ3) is 5.69. The maximum absolute atomic E-state index is 11.9. The minimum absolute atomic E-state index is 0.103. The Kier molecular flexibility index (Phi) is 6.18. The van der Waals surface area contributed by atoms with Crippen LogP contribution in [0.2, 0.25) is 0 Å².